The molecule has 1 rings (SSSR count). The molecule has 0 N–H and O–H groups in total. The highest BCUT2D eigenvalue weighted by molar-refractivity contribution is 9.10. The summed E-state index contributed by atoms with van der Waals surface area (Å²) in [6.45, 7) is 6.64. The molecular formula is C11H14BrCl. The zero-order valence-corrected chi connectivity index (χ0v) is 10.5. The fourth-order valence-electron chi connectivity index (χ4n) is 1.25. The van der Waals surface area contributed by atoms with Gasteiger partial charge in [0.2, 0.25) is 0 Å². The molecule has 0 amide bonds. The molecule has 0 bridgehead atoms. The van der Waals surface area contributed by atoms with Gasteiger partial charge in [0.15, 0.2) is 0 Å². The lowest BCUT2D eigenvalue weighted by molar-refractivity contribution is 0.411. The molecule has 72 valence electrons. The average molecular weight is 262 g/mol. The van der Waals surface area contributed by atoms with Gasteiger partial charge >= 0.3 is 0 Å². The number of rotatable bonds is 1. The van der Waals surface area contributed by atoms with Crippen LogP contribution in [0.5, 0.6) is 0 Å². The predicted octanol–water partition coefficient (Wildman–Crippen LogP) is 4.69. The summed E-state index contributed by atoms with van der Waals surface area (Å²) in [6.07, 6.45) is 1.01. The second-order valence-electron chi connectivity index (χ2n) is 4.47. The van der Waals surface area contributed by atoms with Crippen molar-refractivity contribution in [2.75, 3.05) is 0 Å². The van der Waals surface area contributed by atoms with Gasteiger partial charge < -0.3 is 0 Å². The summed E-state index contributed by atoms with van der Waals surface area (Å²) < 4.78 is 1.09. The van der Waals surface area contributed by atoms with Crippen molar-refractivity contribution in [2.45, 2.75) is 27.2 Å². The first-order chi connectivity index (χ1) is 5.88. The number of hydrogen-bond acceptors (Lipinski definition) is 0. The molecule has 0 heterocycles. The summed E-state index contributed by atoms with van der Waals surface area (Å²) in [5.41, 5.74) is 1.49. The molecule has 0 aliphatic rings. The maximum atomic E-state index is 6.08. The molecule has 0 saturated heterocycles. The molecular weight excluding hydrogens is 247 g/mol. The zero-order chi connectivity index (χ0) is 10.1. The third-order valence-corrected chi connectivity index (χ3v) is 2.59. The molecule has 0 aromatic heterocycles. The van der Waals surface area contributed by atoms with E-state index in [1.165, 1.54) is 5.56 Å². The summed E-state index contributed by atoms with van der Waals surface area (Å²) in [6, 6.07) is 5.99. The Hall–Kier alpha value is -0.0100. The van der Waals surface area contributed by atoms with Crippen LogP contribution in [0, 0.1) is 5.41 Å². The van der Waals surface area contributed by atoms with Crippen LogP contribution < -0.4 is 0 Å². The summed E-state index contributed by atoms with van der Waals surface area (Å²) in [7, 11) is 0. The Labute approximate surface area is 93.4 Å². The zero-order valence-electron chi connectivity index (χ0n) is 8.20. The van der Waals surface area contributed by atoms with Gasteiger partial charge in [-0.25, -0.2) is 0 Å². The van der Waals surface area contributed by atoms with Crippen LogP contribution in [-0.4, -0.2) is 0 Å². The Morgan fingerprint density at radius 1 is 1.31 bits per heavy atom. The van der Waals surface area contributed by atoms with Crippen LogP contribution in [0.25, 0.3) is 0 Å². The van der Waals surface area contributed by atoms with Crippen LogP contribution in [0.1, 0.15) is 26.3 Å². The third kappa shape index (κ3) is 3.70. The molecule has 0 spiro atoms. The van der Waals surface area contributed by atoms with E-state index in [1.54, 1.807) is 0 Å². The molecule has 0 aliphatic carbocycles. The van der Waals surface area contributed by atoms with Crippen molar-refractivity contribution >= 4 is 27.5 Å². The normalized spacial score (nSPS) is 11.8. The lowest BCUT2D eigenvalue weighted by atomic mass is 9.88. The standard InChI is InChI=1S/C11H14BrCl/c1-11(2,3)7-8-6-9(12)4-5-10(8)13/h4-6H,7H2,1-3H3. The summed E-state index contributed by atoms with van der Waals surface area (Å²) in [4.78, 5) is 0. The van der Waals surface area contributed by atoms with Crippen molar-refractivity contribution in [2.24, 2.45) is 5.41 Å². The largest absolute Gasteiger partial charge is 0.0840 e. The minimum atomic E-state index is 0.282. The van der Waals surface area contributed by atoms with Crippen LogP contribution in [0.2, 0.25) is 5.02 Å². The van der Waals surface area contributed by atoms with Gasteiger partial charge in [-0.1, -0.05) is 48.3 Å². The molecule has 2 heteroatoms. The first kappa shape index (κ1) is 11.1. The molecule has 0 aliphatic heterocycles. The maximum absolute atomic E-state index is 6.08. The Balaban J connectivity index is 2.94. The van der Waals surface area contributed by atoms with E-state index in [9.17, 15) is 0 Å². The maximum Gasteiger partial charge on any atom is 0.0438 e. The predicted molar refractivity (Wildman–Crippen MR) is 62.3 cm³/mol. The average Bonchev–Trinajstić information content (AvgIpc) is 1.94. The third-order valence-electron chi connectivity index (χ3n) is 1.73. The summed E-state index contributed by atoms with van der Waals surface area (Å²) in [5.74, 6) is 0. The van der Waals surface area contributed by atoms with Crippen LogP contribution >= 0.6 is 27.5 Å². The number of benzene rings is 1. The molecule has 0 fully saturated rings. The van der Waals surface area contributed by atoms with Gasteiger partial charge in [-0.2, -0.15) is 0 Å². The first-order valence-corrected chi connectivity index (χ1v) is 5.49. The van der Waals surface area contributed by atoms with Crippen LogP contribution in [0.3, 0.4) is 0 Å². The second kappa shape index (κ2) is 4.02. The van der Waals surface area contributed by atoms with E-state index in [1.807, 2.05) is 12.1 Å². The Kier molecular flexibility index (Phi) is 3.42. The second-order valence-corrected chi connectivity index (χ2v) is 5.80. The Morgan fingerprint density at radius 2 is 1.92 bits per heavy atom. The van der Waals surface area contributed by atoms with Crippen LogP contribution in [0.15, 0.2) is 22.7 Å². The van der Waals surface area contributed by atoms with Gasteiger partial charge in [0.1, 0.15) is 0 Å². The molecule has 0 unspecified atom stereocenters. The van der Waals surface area contributed by atoms with Crippen LogP contribution in [0.4, 0.5) is 0 Å². The number of hydrogen-bond donors (Lipinski definition) is 0. The fraction of sp³-hybridized carbons (Fsp3) is 0.455. The van der Waals surface area contributed by atoms with Crippen molar-refractivity contribution in [3.05, 3.63) is 33.3 Å². The summed E-state index contributed by atoms with van der Waals surface area (Å²) in [5, 5.41) is 0.859. The summed E-state index contributed by atoms with van der Waals surface area (Å²) >= 11 is 9.53. The molecule has 1 aromatic carbocycles. The smallest absolute Gasteiger partial charge is 0.0438 e. The van der Waals surface area contributed by atoms with E-state index < -0.39 is 0 Å². The lowest BCUT2D eigenvalue weighted by Gasteiger charge is -2.19. The van der Waals surface area contributed by atoms with Crippen molar-refractivity contribution in [3.8, 4) is 0 Å². The Morgan fingerprint density at radius 3 is 2.46 bits per heavy atom. The van der Waals surface area contributed by atoms with Gasteiger partial charge in [0.25, 0.3) is 0 Å². The quantitative estimate of drug-likeness (QED) is 0.688. The highest BCUT2D eigenvalue weighted by Crippen LogP contribution is 2.27. The molecule has 0 nitrogen and oxygen atoms in total. The van der Waals surface area contributed by atoms with Crippen LogP contribution in [-0.2, 0) is 6.42 Å². The topological polar surface area (TPSA) is 0 Å². The molecule has 0 radical (unpaired) electrons. The Bertz CT molecular complexity index is 299. The van der Waals surface area contributed by atoms with E-state index >= 15 is 0 Å². The van der Waals surface area contributed by atoms with Gasteiger partial charge in [-0.3, -0.25) is 0 Å². The minimum Gasteiger partial charge on any atom is -0.0840 e. The molecule has 13 heavy (non-hydrogen) atoms. The highest BCUT2D eigenvalue weighted by Gasteiger charge is 2.13. The van der Waals surface area contributed by atoms with E-state index in [2.05, 4.69) is 42.8 Å². The molecule has 1 aromatic rings. The van der Waals surface area contributed by atoms with Crippen molar-refractivity contribution in [1.82, 2.24) is 0 Å². The van der Waals surface area contributed by atoms with Gasteiger partial charge in [0.05, 0.1) is 0 Å². The van der Waals surface area contributed by atoms with Crippen molar-refractivity contribution in [3.63, 3.8) is 0 Å². The monoisotopic (exact) mass is 260 g/mol. The minimum absolute atomic E-state index is 0.282. The van der Waals surface area contributed by atoms with E-state index in [0.29, 0.717) is 0 Å². The van der Waals surface area contributed by atoms with Gasteiger partial charge in [-0.05, 0) is 35.6 Å². The highest BCUT2D eigenvalue weighted by atomic mass is 79.9. The van der Waals surface area contributed by atoms with Crippen molar-refractivity contribution < 1.29 is 0 Å². The van der Waals surface area contributed by atoms with Gasteiger partial charge in [0, 0.05) is 9.50 Å². The number of halogens is 2. The van der Waals surface area contributed by atoms with Crippen molar-refractivity contribution in [1.29, 1.82) is 0 Å². The van der Waals surface area contributed by atoms with E-state index in [0.717, 1.165) is 15.9 Å². The van der Waals surface area contributed by atoms with E-state index in [-0.39, 0.29) is 5.41 Å². The fourth-order valence-corrected chi connectivity index (χ4v) is 1.84. The van der Waals surface area contributed by atoms with E-state index in [4.69, 9.17) is 11.6 Å². The molecule has 0 atom stereocenters. The first-order valence-electron chi connectivity index (χ1n) is 4.32. The lowest BCUT2D eigenvalue weighted by Crippen LogP contribution is -2.09. The SMILES string of the molecule is CC(C)(C)Cc1cc(Br)ccc1Cl. The molecule has 0 saturated carbocycles. The van der Waals surface area contributed by atoms with Gasteiger partial charge in [-0.15, -0.1) is 0 Å².